The van der Waals surface area contributed by atoms with Gasteiger partial charge in [-0.1, -0.05) is 17.7 Å². The number of ether oxygens (including phenoxy) is 1. The summed E-state index contributed by atoms with van der Waals surface area (Å²) in [7, 11) is 0. The predicted molar refractivity (Wildman–Crippen MR) is 76.6 cm³/mol. The van der Waals surface area contributed by atoms with Crippen LogP contribution >= 0.6 is 11.6 Å². The third kappa shape index (κ3) is 4.14. The number of nitrogens with one attached hydrogen (secondary N) is 1. The van der Waals surface area contributed by atoms with E-state index in [2.05, 4.69) is 5.32 Å². The van der Waals surface area contributed by atoms with Crippen LogP contribution in [0.2, 0.25) is 5.02 Å². The van der Waals surface area contributed by atoms with E-state index in [1.165, 1.54) is 12.1 Å². The molecule has 0 radical (unpaired) electrons. The molecule has 0 aliphatic carbocycles. The van der Waals surface area contributed by atoms with E-state index in [0.717, 1.165) is 11.3 Å². The van der Waals surface area contributed by atoms with Crippen LogP contribution in [0.5, 0.6) is 5.75 Å². The van der Waals surface area contributed by atoms with Crippen LogP contribution in [0.15, 0.2) is 42.5 Å². The fraction of sp³-hybridized carbons (Fsp3) is 0.200. The zero-order chi connectivity index (χ0) is 13.7. The smallest absolute Gasteiger partial charge is 0.126 e. The molecule has 4 heteroatoms. The van der Waals surface area contributed by atoms with Crippen molar-refractivity contribution in [2.75, 3.05) is 18.5 Å². The first-order valence-electron chi connectivity index (χ1n) is 6.03. The van der Waals surface area contributed by atoms with E-state index in [1.807, 2.05) is 31.2 Å². The molecule has 0 aliphatic heterocycles. The average molecular weight is 280 g/mol. The zero-order valence-corrected chi connectivity index (χ0v) is 11.4. The second-order valence-corrected chi connectivity index (χ2v) is 4.63. The first-order valence-corrected chi connectivity index (χ1v) is 6.41. The predicted octanol–water partition coefficient (Wildman–Crippen LogP) is 4.28. The second kappa shape index (κ2) is 6.43. The Hall–Kier alpha value is -1.74. The van der Waals surface area contributed by atoms with Crippen LogP contribution in [0.1, 0.15) is 5.56 Å². The number of rotatable bonds is 5. The van der Waals surface area contributed by atoms with E-state index in [9.17, 15) is 4.39 Å². The highest BCUT2D eigenvalue weighted by Gasteiger charge is 2.01. The number of anilines is 1. The lowest BCUT2D eigenvalue weighted by Crippen LogP contribution is -2.11. The van der Waals surface area contributed by atoms with Crippen molar-refractivity contribution in [2.45, 2.75) is 6.92 Å². The summed E-state index contributed by atoms with van der Waals surface area (Å²) < 4.78 is 18.6. The fourth-order valence-corrected chi connectivity index (χ4v) is 1.78. The van der Waals surface area contributed by atoms with Crippen LogP contribution in [-0.2, 0) is 0 Å². The van der Waals surface area contributed by atoms with Crippen LogP contribution in [0, 0.1) is 12.7 Å². The Kier molecular flexibility index (Phi) is 4.63. The van der Waals surface area contributed by atoms with Crippen LogP contribution in [0.3, 0.4) is 0 Å². The minimum absolute atomic E-state index is 0.286. The van der Waals surface area contributed by atoms with E-state index in [-0.39, 0.29) is 5.82 Å². The van der Waals surface area contributed by atoms with Crippen molar-refractivity contribution >= 4 is 17.3 Å². The Morgan fingerprint density at radius 3 is 2.63 bits per heavy atom. The lowest BCUT2D eigenvalue weighted by atomic mass is 10.2. The second-order valence-electron chi connectivity index (χ2n) is 4.19. The molecule has 0 saturated carbocycles. The fourth-order valence-electron chi connectivity index (χ4n) is 1.65. The van der Waals surface area contributed by atoms with Gasteiger partial charge in [0.1, 0.15) is 18.2 Å². The average Bonchev–Trinajstić information content (AvgIpc) is 2.40. The largest absolute Gasteiger partial charge is 0.491 e. The van der Waals surface area contributed by atoms with Crippen LogP contribution in [0.4, 0.5) is 10.1 Å². The summed E-state index contributed by atoms with van der Waals surface area (Å²) in [6.07, 6.45) is 0. The number of aryl methyl sites for hydroxylation is 1. The van der Waals surface area contributed by atoms with Crippen molar-refractivity contribution in [1.82, 2.24) is 0 Å². The molecule has 0 heterocycles. The molecule has 2 rings (SSSR count). The Labute approximate surface area is 117 Å². The molecule has 0 unspecified atom stereocenters. The standard InChI is InChI=1S/C15H15ClFNO/c1-11-2-5-13(17)10-15(11)19-9-8-18-14-6-3-12(16)4-7-14/h2-7,10,18H,8-9H2,1H3. The van der Waals surface area contributed by atoms with Gasteiger partial charge in [0.15, 0.2) is 0 Å². The molecule has 100 valence electrons. The Balaban J connectivity index is 1.80. The number of benzene rings is 2. The molecule has 0 bridgehead atoms. The maximum atomic E-state index is 13.1. The van der Waals surface area contributed by atoms with Gasteiger partial charge in [-0.25, -0.2) is 4.39 Å². The van der Waals surface area contributed by atoms with Crippen molar-refractivity contribution < 1.29 is 9.13 Å². The first-order chi connectivity index (χ1) is 9.15. The highest BCUT2D eigenvalue weighted by molar-refractivity contribution is 6.30. The lowest BCUT2D eigenvalue weighted by Gasteiger charge is -2.10. The Morgan fingerprint density at radius 1 is 1.16 bits per heavy atom. The van der Waals surface area contributed by atoms with Crippen molar-refractivity contribution in [1.29, 1.82) is 0 Å². The monoisotopic (exact) mass is 279 g/mol. The van der Waals surface area contributed by atoms with Gasteiger partial charge in [0, 0.05) is 23.3 Å². The minimum atomic E-state index is -0.286. The minimum Gasteiger partial charge on any atom is -0.491 e. The van der Waals surface area contributed by atoms with Crippen molar-refractivity contribution in [3.63, 3.8) is 0 Å². The van der Waals surface area contributed by atoms with Crippen molar-refractivity contribution in [3.05, 3.63) is 58.9 Å². The van der Waals surface area contributed by atoms with E-state index in [0.29, 0.717) is 23.9 Å². The molecule has 0 saturated heterocycles. The van der Waals surface area contributed by atoms with E-state index in [1.54, 1.807) is 6.07 Å². The molecule has 0 aliphatic rings. The number of hydrogen-bond donors (Lipinski definition) is 1. The molecule has 0 fully saturated rings. The normalized spacial score (nSPS) is 10.3. The van der Waals surface area contributed by atoms with Gasteiger partial charge in [-0.3, -0.25) is 0 Å². The molecule has 2 nitrogen and oxygen atoms in total. The molecular weight excluding hydrogens is 265 g/mol. The third-order valence-electron chi connectivity index (χ3n) is 2.68. The van der Waals surface area contributed by atoms with Gasteiger partial charge in [0.2, 0.25) is 0 Å². The molecule has 2 aromatic rings. The molecule has 0 spiro atoms. The van der Waals surface area contributed by atoms with Gasteiger partial charge in [-0.05, 0) is 42.8 Å². The molecule has 19 heavy (non-hydrogen) atoms. The summed E-state index contributed by atoms with van der Waals surface area (Å²) in [5.41, 5.74) is 1.90. The van der Waals surface area contributed by atoms with Gasteiger partial charge in [-0.15, -0.1) is 0 Å². The van der Waals surface area contributed by atoms with Gasteiger partial charge in [0.25, 0.3) is 0 Å². The highest BCUT2D eigenvalue weighted by Crippen LogP contribution is 2.18. The Morgan fingerprint density at radius 2 is 1.89 bits per heavy atom. The summed E-state index contributed by atoms with van der Waals surface area (Å²) in [6, 6.07) is 12.0. The molecule has 0 atom stereocenters. The summed E-state index contributed by atoms with van der Waals surface area (Å²) in [4.78, 5) is 0. The van der Waals surface area contributed by atoms with E-state index >= 15 is 0 Å². The summed E-state index contributed by atoms with van der Waals surface area (Å²) in [6.45, 7) is 2.99. The number of hydrogen-bond acceptors (Lipinski definition) is 2. The maximum absolute atomic E-state index is 13.1. The molecule has 0 amide bonds. The van der Waals surface area contributed by atoms with Crippen molar-refractivity contribution in [2.24, 2.45) is 0 Å². The molecule has 0 aromatic heterocycles. The third-order valence-corrected chi connectivity index (χ3v) is 2.94. The number of halogens is 2. The van der Waals surface area contributed by atoms with Crippen LogP contribution < -0.4 is 10.1 Å². The quantitative estimate of drug-likeness (QED) is 0.825. The van der Waals surface area contributed by atoms with Gasteiger partial charge < -0.3 is 10.1 Å². The lowest BCUT2D eigenvalue weighted by molar-refractivity contribution is 0.328. The molecule has 1 N–H and O–H groups in total. The molecular formula is C15H15ClFNO. The topological polar surface area (TPSA) is 21.3 Å². The van der Waals surface area contributed by atoms with Crippen LogP contribution in [0.25, 0.3) is 0 Å². The first kappa shape index (κ1) is 13.7. The van der Waals surface area contributed by atoms with Gasteiger partial charge >= 0.3 is 0 Å². The molecule has 2 aromatic carbocycles. The Bertz CT molecular complexity index is 542. The zero-order valence-electron chi connectivity index (χ0n) is 10.6. The van der Waals surface area contributed by atoms with Gasteiger partial charge in [-0.2, -0.15) is 0 Å². The highest BCUT2D eigenvalue weighted by atomic mass is 35.5. The summed E-state index contributed by atoms with van der Waals surface area (Å²) in [5.74, 6) is 0.296. The SMILES string of the molecule is Cc1ccc(F)cc1OCCNc1ccc(Cl)cc1. The van der Waals surface area contributed by atoms with Crippen molar-refractivity contribution in [3.8, 4) is 5.75 Å². The van der Waals surface area contributed by atoms with Gasteiger partial charge in [0.05, 0.1) is 0 Å². The van der Waals surface area contributed by atoms with Crippen LogP contribution in [-0.4, -0.2) is 13.2 Å². The maximum Gasteiger partial charge on any atom is 0.126 e. The van der Waals surface area contributed by atoms with E-state index < -0.39 is 0 Å². The summed E-state index contributed by atoms with van der Waals surface area (Å²) >= 11 is 5.80. The summed E-state index contributed by atoms with van der Waals surface area (Å²) in [5, 5.41) is 3.90. The van der Waals surface area contributed by atoms with E-state index in [4.69, 9.17) is 16.3 Å².